The molecular formula is C9H8O3S. The fourth-order valence-corrected chi connectivity index (χ4v) is 1.54. The molecule has 1 aromatic heterocycles. The lowest BCUT2D eigenvalue weighted by atomic mass is 10.2. The zero-order chi connectivity index (χ0) is 9.84. The normalized spacial score (nSPS) is 11.3. The number of carbonyl (C=O) groups is 2. The Kier molecular flexibility index (Phi) is 2.97. The summed E-state index contributed by atoms with van der Waals surface area (Å²) in [4.78, 5) is 22.1. The highest BCUT2D eigenvalue weighted by molar-refractivity contribution is 7.10. The van der Waals surface area contributed by atoms with Crippen LogP contribution in [0.4, 0.5) is 0 Å². The fourth-order valence-electron chi connectivity index (χ4n) is 0.821. The fraction of sp³-hybridized carbons (Fsp3) is 0.111. The summed E-state index contributed by atoms with van der Waals surface area (Å²) >= 11 is 1.46. The molecule has 1 heterocycles. The molecule has 0 spiro atoms. The van der Waals surface area contributed by atoms with Gasteiger partial charge in [-0.15, -0.1) is 11.3 Å². The maximum atomic E-state index is 10.9. The van der Waals surface area contributed by atoms with Crippen LogP contribution in [0.5, 0.6) is 0 Å². The van der Waals surface area contributed by atoms with Gasteiger partial charge in [-0.1, -0.05) is 6.07 Å². The number of hydrogen-bond acceptors (Lipinski definition) is 3. The van der Waals surface area contributed by atoms with E-state index in [-0.39, 0.29) is 5.57 Å². The topological polar surface area (TPSA) is 54.4 Å². The average Bonchev–Trinajstić information content (AvgIpc) is 2.55. The minimum atomic E-state index is -1.41. The third-order valence-corrected chi connectivity index (χ3v) is 2.27. The number of thiophene rings is 1. The zero-order valence-electron chi connectivity index (χ0n) is 6.98. The van der Waals surface area contributed by atoms with E-state index >= 15 is 0 Å². The molecule has 3 nitrogen and oxygen atoms in total. The van der Waals surface area contributed by atoms with Crippen molar-refractivity contribution in [2.24, 2.45) is 0 Å². The van der Waals surface area contributed by atoms with Crippen LogP contribution in [0.3, 0.4) is 0 Å². The maximum absolute atomic E-state index is 10.9. The molecule has 0 aromatic carbocycles. The molecule has 0 atom stereocenters. The highest BCUT2D eigenvalue weighted by Crippen LogP contribution is 2.13. The van der Waals surface area contributed by atoms with Gasteiger partial charge in [0.15, 0.2) is 0 Å². The molecule has 0 amide bonds. The molecule has 0 radical (unpaired) electrons. The molecule has 0 aliphatic heterocycles. The Morgan fingerprint density at radius 2 is 2.23 bits per heavy atom. The Balaban J connectivity index is 2.84. The predicted molar refractivity (Wildman–Crippen MR) is 50.6 cm³/mol. The summed E-state index contributed by atoms with van der Waals surface area (Å²) in [7, 11) is 0. The van der Waals surface area contributed by atoms with E-state index in [1.54, 1.807) is 6.08 Å². The van der Waals surface area contributed by atoms with Crippen molar-refractivity contribution in [1.82, 2.24) is 0 Å². The van der Waals surface area contributed by atoms with Crippen LogP contribution in [-0.4, -0.2) is 16.9 Å². The first-order chi connectivity index (χ1) is 6.11. The molecule has 0 saturated carbocycles. The molecule has 1 aromatic rings. The van der Waals surface area contributed by atoms with Gasteiger partial charge in [-0.2, -0.15) is 0 Å². The van der Waals surface area contributed by atoms with Gasteiger partial charge < -0.3 is 5.11 Å². The maximum Gasteiger partial charge on any atom is 0.376 e. The molecule has 0 aliphatic rings. The quantitative estimate of drug-likeness (QED) is 0.592. The molecular weight excluding hydrogens is 188 g/mol. The number of Topliss-reactive ketones (excluding diaryl/α,β-unsaturated/α-hetero) is 1. The van der Waals surface area contributed by atoms with E-state index in [0.717, 1.165) is 4.88 Å². The number of hydrogen-bond donors (Lipinski definition) is 1. The van der Waals surface area contributed by atoms with E-state index in [0.29, 0.717) is 0 Å². The van der Waals surface area contributed by atoms with Crippen LogP contribution in [0.1, 0.15) is 11.8 Å². The number of carboxylic acid groups (broad SMARTS) is 1. The van der Waals surface area contributed by atoms with Crippen molar-refractivity contribution >= 4 is 29.2 Å². The van der Waals surface area contributed by atoms with Crippen molar-refractivity contribution < 1.29 is 14.7 Å². The van der Waals surface area contributed by atoms with Gasteiger partial charge >= 0.3 is 5.97 Å². The van der Waals surface area contributed by atoms with E-state index in [1.807, 2.05) is 17.5 Å². The number of rotatable bonds is 3. The van der Waals surface area contributed by atoms with Crippen molar-refractivity contribution in [3.05, 3.63) is 28.0 Å². The molecule has 0 saturated heterocycles. The molecule has 0 aliphatic carbocycles. The van der Waals surface area contributed by atoms with Gasteiger partial charge in [0.25, 0.3) is 5.78 Å². The van der Waals surface area contributed by atoms with Crippen LogP contribution < -0.4 is 0 Å². The smallest absolute Gasteiger partial charge is 0.376 e. The standard InChI is InChI=1S/C9H8O3S/c1-6(8(10)9(11)12)5-7-3-2-4-13-7/h2-5H,1H3,(H,11,12). The molecule has 0 fully saturated rings. The van der Waals surface area contributed by atoms with E-state index < -0.39 is 11.8 Å². The van der Waals surface area contributed by atoms with Crippen LogP contribution in [0.25, 0.3) is 6.08 Å². The number of carbonyl (C=O) groups excluding carboxylic acids is 1. The van der Waals surface area contributed by atoms with Gasteiger partial charge in [0.2, 0.25) is 0 Å². The summed E-state index contributed by atoms with van der Waals surface area (Å²) in [6.45, 7) is 1.50. The van der Waals surface area contributed by atoms with Crippen molar-refractivity contribution in [2.45, 2.75) is 6.92 Å². The lowest BCUT2D eigenvalue weighted by Crippen LogP contribution is -2.12. The Morgan fingerprint density at radius 3 is 2.69 bits per heavy atom. The van der Waals surface area contributed by atoms with Crippen LogP contribution in [-0.2, 0) is 9.59 Å². The lowest BCUT2D eigenvalue weighted by Gasteiger charge is -1.92. The monoisotopic (exact) mass is 196 g/mol. The summed E-state index contributed by atoms with van der Waals surface area (Å²) in [5.74, 6) is -2.27. The molecule has 4 heteroatoms. The Hall–Kier alpha value is -1.42. The van der Waals surface area contributed by atoms with Gasteiger partial charge in [0, 0.05) is 10.5 Å². The number of ketones is 1. The van der Waals surface area contributed by atoms with Crippen LogP contribution in [0, 0.1) is 0 Å². The summed E-state index contributed by atoms with van der Waals surface area (Å²) in [6.07, 6.45) is 1.57. The summed E-state index contributed by atoms with van der Waals surface area (Å²) in [6, 6.07) is 3.67. The zero-order valence-corrected chi connectivity index (χ0v) is 7.80. The molecule has 1 rings (SSSR count). The van der Waals surface area contributed by atoms with Crippen LogP contribution in [0.2, 0.25) is 0 Å². The van der Waals surface area contributed by atoms with Crippen molar-refractivity contribution in [3.63, 3.8) is 0 Å². The second-order valence-corrected chi connectivity index (χ2v) is 3.46. The molecule has 1 N–H and O–H groups in total. The molecule has 68 valence electrons. The minimum absolute atomic E-state index is 0.245. The Labute approximate surface area is 79.3 Å². The second-order valence-electron chi connectivity index (χ2n) is 2.48. The molecule has 0 unspecified atom stereocenters. The van der Waals surface area contributed by atoms with E-state index in [4.69, 9.17) is 5.11 Å². The second kappa shape index (κ2) is 4.00. The van der Waals surface area contributed by atoms with Crippen molar-refractivity contribution in [2.75, 3.05) is 0 Å². The van der Waals surface area contributed by atoms with E-state index in [9.17, 15) is 9.59 Å². The van der Waals surface area contributed by atoms with Crippen LogP contribution in [0.15, 0.2) is 23.1 Å². The third kappa shape index (κ3) is 2.52. The number of carboxylic acids is 1. The highest BCUT2D eigenvalue weighted by Gasteiger charge is 2.12. The predicted octanol–water partition coefficient (Wildman–Crippen LogP) is 1.81. The number of aliphatic carboxylic acids is 1. The van der Waals surface area contributed by atoms with E-state index in [2.05, 4.69) is 0 Å². The minimum Gasteiger partial charge on any atom is -0.475 e. The largest absolute Gasteiger partial charge is 0.475 e. The lowest BCUT2D eigenvalue weighted by molar-refractivity contribution is -0.147. The van der Waals surface area contributed by atoms with Gasteiger partial charge in [0.05, 0.1) is 0 Å². The van der Waals surface area contributed by atoms with Crippen molar-refractivity contribution in [3.8, 4) is 0 Å². The summed E-state index contributed by atoms with van der Waals surface area (Å²) in [5, 5.41) is 10.3. The van der Waals surface area contributed by atoms with Gasteiger partial charge in [-0.25, -0.2) is 4.79 Å². The van der Waals surface area contributed by atoms with E-state index in [1.165, 1.54) is 18.3 Å². The molecule has 0 bridgehead atoms. The summed E-state index contributed by atoms with van der Waals surface area (Å²) < 4.78 is 0. The molecule has 13 heavy (non-hydrogen) atoms. The summed E-state index contributed by atoms with van der Waals surface area (Å²) in [5.41, 5.74) is 0.245. The first kappa shape index (κ1) is 9.67. The van der Waals surface area contributed by atoms with Gasteiger partial charge in [-0.05, 0) is 24.4 Å². The van der Waals surface area contributed by atoms with Crippen LogP contribution >= 0.6 is 11.3 Å². The third-order valence-electron chi connectivity index (χ3n) is 1.45. The first-order valence-corrected chi connectivity index (χ1v) is 4.48. The van der Waals surface area contributed by atoms with Crippen molar-refractivity contribution in [1.29, 1.82) is 0 Å². The van der Waals surface area contributed by atoms with Gasteiger partial charge in [-0.3, -0.25) is 4.79 Å². The highest BCUT2D eigenvalue weighted by atomic mass is 32.1. The SMILES string of the molecule is CC(=Cc1cccs1)C(=O)C(=O)O. The first-order valence-electron chi connectivity index (χ1n) is 3.60. The Morgan fingerprint density at radius 1 is 1.54 bits per heavy atom. The van der Waals surface area contributed by atoms with Gasteiger partial charge in [0.1, 0.15) is 0 Å². The average molecular weight is 196 g/mol. The Bertz CT molecular complexity index is 349.